The van der Waals surface area contributed by atoms with Gasteiger partial charge in [0.05, 0.1) is 0 Å². The molecule has 100 valence electrons. The van der Waals surface area contributed by atoms with E-state index in [2.05, 4.69) is 54.2 Å². The van der Waals surface area contributed by atoms with Crippen LogP contribution in [0.15, 0.2) is 30.5 Å². The van der Waals surface area contributed by atoms with Crippen molar-refractivity contribution in [2.45, 2.75) is 26.7 Å². The summed E-state index contributed by atoms with van der Waals surface area (Å²) in [6.45, 7) is 7.87. The van der Waals surface area contributed by atoms with E-state index in [0.29, 0.717) is 0 Å². The Morgan fingerprint density at radius 3 is 2.84 bits per heavy atom. The summed E-state index contributed by atoms with van der Waals surface area (Å²) >= 11 is 0. The fraction of sp³-hybridized carbons (Fsp3) is 0.412. The second-order valence-electron chi connectivity index (χ2n) is 5.27. The lowest BCUT2D eigenvalue weighted by atomic mass is 9.97. The van der Waals surface area contributed by atoms with Crippen LogP contribution in [0.2, 0.25) is 0 Å². The highest BCUT2D eigenvalue weighted by Gasteiger charge is 2.15. The molecule has 1 N–H and O–H groups in total. The Morgan fingerprint density at radius 2 is 2.16 bits per heavy atom. The summed E-state index contributed by atoms with van der Waals surface area (Å²) in [5.74, 6) is 0. The van der Waals surface area contributed by atoms with E-state index in [-0.39, 0.29) is 0 Å². The molecule has 0 fully saturated rings. The van der Waals surface area contributed by atoms with Crippen molar-refractivity contribution in [1.82, 2.24) is 9.88 Å². The molecule has 0 aliphatic carbocycles. The van der Waals surface area contributed by atoms with Crippen molar-refractivity contribution in [3.63, 3.8) is 0 Å². The Kier molecular flexibility index (Phi) is 3.43. The maximum atomic E-state index is 3.48. The summed E-state index contributed by atoms with van der Waals surface area (Å²) in [4.78, 5) is 5.96. The van der Waals surface area contributed by atoms with Crippen molar-refractivity contribution in [1.29, 1.82) is 0 Å². The molecule has 1 aliphatic heterocycles. The molecule has 1 aromatic carbocycles. The zero-order valence-electron chi connectivity index (χ0n) is 11.9. The monoisotopic (exact) mass is 254 g/mol. The van der Waals surface area contributed by atoms with Crippen LogP contribution in [0, 0.1) is 0 Å². The predicted molar refractivity (Wildman–Crippen MR) is 82.4 cm³/mol. The van der Waals surface area contributed by atoms with Crippen LogP contribution in [0.1, 0.15) is 31.4 Å². The van der Waals surface area contributed by atoms with Gasteiger partial charge >= 0.3 is 0 Å². The number of fused-ring (bicyclic) bond motifs is 1. The van der Waals surface area contributed by atoms with Crippen LogP contribution in [-0.2, 0) is 6.42 Å². The van der Waals surface area contributed by atoms with Gasteiger partial charge in [-0.3, -0.25) is 4.90 Å². The average molecular weight is 254 g/mol. The standard InChI is InChI=1S/C17H22N2/c1-3-13-6-5-7-15-16(12-18-17(13)15)14-8-10-19(4-2)11-9-14/h5-8,12,18H,3-4,9-11H2,1-2H3. The van der Waals surface area contributed by atoms with E-state index in [0.717, 1.165) is 25.9 Å². The number of hydrogen-bond donors (Lipinski definition) is 1. The molecule has 2 heterocycles. The number of hydrogen-bond acceptors (Lipinski definition) is 1. The lowest BCUT2D eigenvalue weighted by molar-refractivity contribution is 0.319. The van der Waals surface area contributed by atoms with Crippen LogP contribution in [0.4, 0.5) is 0 Å². The number of H-pyrrole nitrogens is 1. The van der Waals surface area contributed by atoms with E-state index < -0.39 is 0 Å². The van der Waals surface area contributed by atoms with Gasteiger partial charge in [-0.1, -0.05) is 38.1 Å². The molecule has 1 aromatic heterocycles. The highest BCUT2D eigenvalue weighted by molar-refractivity contribution is 5.94. The minimum Gasteiger partial charge on any atom is -0.360 e. The number of nitrogens with zero attached hydrogens (tertiary/aromatic N) is 1. The van der Waals surface area contributed by atoms with E-state index >= 15 is 0 Å². The van der Waals surface area contributed by atoms with Crippen molar-refractivity contribution in [2.24, 2.45) is 0 Å². The fourth-order valence-electron chi connectivity index (χ4n) is 3.02. The van der Waals surface area contributed by atoms with Crippen LogP contribution >= 0.6 is 0 Å². The zero-order chi connectivity index (χ0) is 13.2. The Morgan fingerprint density at radius 1 is 1.26 bits per heavy atom. The average Bonchev–Trinajstić information content (AvgIpc) is 2.91. The number of likely N-dealkylation sites (N-methyl/N-ethyl adjacent to an activating group) is 1. The molecule has 0 saturated carbocycles. The molecule has 19 heavy (non-hydrogen) atoms. The first-order chi connectivity index (χ1) is 9.33. The molecular weight excluding hydrogens is 232 g/mol. The molecule has 0 saturated heterocycles. The Bertz CT molecular complexity index is 607. The van der Waals surface area contributed by atoms with Gasteiger partial charge in [0.25, 0.3) is 0 Å². The van der Waals surface area contributed by atoms with E-state index in [4.69, 9.17) is 0 Å². The number of aromatic amines is 1. The number of para-hydroxylation sites is 1. The molecule has 0 spiro atoms. The normalized spacial score (nSPS) is 16.8. The molecule has 0 bridgehead atoms. The van der Waals surface area contributed by atoms with Crippen LogP contribution in [0.3, 0.4) is 0 Å². The first-order valence-electron chi connectivity index (χ1n) is 7.34. The van der Waals surface area contributed by atoms with Crippen molar-refractivity contribution in [3.8, 4) is 0 Å². The van der Waals surface area contributed by atoms with Crippen LogP contribution in [0.25, 0.3) is 16.5 Å². The van der Waals surface area contributed by atoms with Crippen molar-refractivity contribution >= 4 is 16.5 Å². The van der Waals surface area contributed by atoms with Crippen LogP contribution in [-0.4, -0.2) is 29.5 Å². The fourth-order valence-corrected chi connectivity index (χ4v) is 3.02. The van der Waals surface area contributed by atoms with E-state index in [9.17, 15) is 0 Å². The third kappa shape index (κ3) is 2.21. The Balaban J connectivity index is 2.00. The third-order valence-electron chi connectivity index (χ3n) is 4.27. The van der Waals surface area contributed by atoms with Gasteiger partial charge in [-0.25, -0.2) is 0 Å². The largest absolute Gasteiger partial charge is 0.360 e. The number of nitrogens with one attached hydrogen (secondary N) is 1. The topological polar surface area (TPSA) is 19.0 Å². The van der Waals surface area contributed by atoms with Crippen LogP contribution < -0.4 is 0 Å². The van der Waals surface area contributed by atoms with Crippen molar-refractivity contribution in [2.75, 3.05) is 19.6 Å². The first-order valence-corrected chi connectivity index (χ1v) is 7.34. The van der Waals surface area contributed by atoms with Gasteiger partial charge in [0.2, 0.25) is 0 Å². The molecule has 3 rings (SSSR count). The van der Waals surface area contributed by atoms with Crippen molar-refractivity contribution < 1.29 is 0 Å². The van der Waals surface area contributed by atoms with Gasteiger partial charge in [-0.2, -0.15) is 0 Å². The highest BCUT2D eigenvalue weighted by Crippen LogP contribution is 2.30. The minimum absolute atomic E-state index is 1.08. The highest BCUT2D eigenvalue weighted by atomic mass is 15.1. The molecule has 0 atom stereocenters. The molecule has 2 aromatic rings. The molecule has 0 unspecified atom stereocenters. The second-order valence-corrected chi connectivity index (χ2v) is 5.27. The smallest absolute Gasteiger partial charge is 0.0492 e. The molecule has 2 nitrogen and oxygen atoms in total. The predicted octanol–water partition coefficient (Wildman–Crippen LogP) is 3.84. The number of benzene rings is 1. The molecule has 2 heteroatoms. The maximum absolute atomic E-state index is 3.48. The quantitative estimate of drug-likeness (QED) is 0.881. The summed E-state index contributed by atoms with van der Waals surface area (Å²) in [7, 11) is 0. The first kappa shape index (κ1) is 12.5. The number of aryl methyl sites for hydroxylation is 1. The summed E-state index contributed by atoms with van der Waals surface area (Å²) in [6.07, 6.45) is 6.84. The van der Waals surface area contributed by atoms with E-state index in [1.54, 1.807) is 0 Å². The summed E-state index contributed by atoms with van der Waals surface area (Å²) in [5, 5.41) is 1.38. The van der Waals surface area contributed by atoms with Gasteiger partial charge in [0.1, 0.15) is 0 Å². The van der Waals surface area contributed by atoms with E-state index in [1.165, 1.54) is 34.1 Å². The SMILES string of the molecule is CCc1cccc2c(C3=CCN(CC)CC3)c[nH]c12. The lowest BCUT2D eigenvalue weighted by Crippen LogP contribution is -2.27. The maximum Gasteiger partial charge on any atom is 0.0492 e. The Labute approximate surface area is 115 Å². The van der Waals surface area contributed by atoms with Gasteiger partial charge in [-0.15, -0.1) is 0 Å². The molecule has 0 radical (unpaired) electrons. The molecular formula is C17H22N2. The van der Waals surface area contributed by atoms with E-state index in [1.807, 2.05) is 0 Å². The molecule has 0 amide bonds. The van der Waals surface area contributed by atoms with Gasteiger partial charge < -0.3 is 4.98 Å². The third-order valence-corrected chi connectivity index (χ3v) is 4.27. The minimum atomic E-state index is 1.08. The Hall–Kier alpha value is -1.54. The van der Waals surface area contributed by atoms with Crippen molar-refractivity contribution in [3.05, 3.63) is 41.6 Å². The summed E-state index contributed by atoms with van der Waals surface area (Å²) < 4.78 is 0. The van der Waals surface area contributed by atoms with Gasteiger partial charge in [0.15, 0.2) is 0 Å². The lowest BCUT2D eigenvalue weighted by Gasteiger charge is -2.24. The summed E-state index contributed by atoms with van der Waals surface area (Å²) in [6, 6.07) is 6.64. The zero-order valence-corrected chi connectivity index (χ0v) is 11.9. The number of rotatable bonds is 3. The van der Waals surface area contributed by atoms with Gasteiger partial charge in [-0.05, 0) is 30.5 Å². The number of aromatic nitrogens is 1. The molecule has 1 aliphatic rings. The van der Waals surface area contributed by atoms with Crippen LogP contribution in [0.5, 0.6) is 0 Å². The summed E-state index contributed by atoms with van der Waals surface area (Å²) in [5.41, 5.74) is 5.64. The van der Waals surface area contributed by atoms with Gasteiger partial charge in [0, 0.05) is 35.8 Å². The second kappa shape index (κ2) is 5.22.